The Morgan fingerprint density at radius 2 is 2.12 bits per heavy atom. The van der Waals surface area contributed by atoms with E-state index in [2.05, 4.69) is 19.1 Å². The zero-order valence-corrected chi connectivity index (χ0v) is 5.68. The molecule has 3 heteroatoms. The maximum atomic E-state index is 8.66. The minimum atomic E-state index is -0.419. The number of hydrogen-bond donors (Lipinski definition) is 2. The van der Waals surface area contributed by atoms with Crippen LogP contribution in [-0.4, -0.2) is 12.1 Å². The zero-order chi connectivity index (χ0) is 6.57. The summed E-state index contributed by atoms with van der Waals surface area (Å²) in [5, 5.41) is 11.4. The summed E-state index contributed by atoms with van der Waals surface area (Å²) in [6.45, 7) is 7.66. The molecule has 2 N–H and O–H groups in total. The van der Waals surface area contributed by atoms with Gasteiger partial charge in [0.15, 0.2) is 0 Å². The van der Waals surface area contributed by atoms with Crippen LogP contribution in [0.25, 0.3) is 0 Å². The van der Waals surface area contributed by atoms with Crippen molar-refractivity contribution in [3.63, 3.8) is 0 Å². The smallest absolute Gasteiger partial charge is 0.373 e. The maximum absolute atomic E-state index is 8.66. The van der Waals surface area contributed by atoms with Crippen LogP contribution in [0.3, 0.4) is 0 Å². The standard InChI is InChI=1S/C5H13BNO/c1-5(2)4-7-6(3)8/h4-5,7-8H,1-3H3. The minimum absolute atomic E-state index is 0.419. The summed E-state index contributed by atoms with van der Waals surface area (Å²) in [5.41, 5.74) is 0. The number of hydrogen-bond acceptors (Lipinski definition) is 2. The first-order valence-electron chi connectivity index (χ1n) is 2.90. The first-order chi connectivity index (χ1) is 3.63. The SMILES string of the molecule is CB(O)N[CH]C(C)C. The highest BCUT2D eigenvalue weighted by atomic mass is 16.2. The van der Waals surface area contributed by atoms with Crippen LogP contribution in [0.5, 0.6) is 0 Å². The van der Waals surface area contributed by atoms with Crippen molar-refractivity contribution < 1.29 is 5.02 Å². The summed E-state index contributed by atoms with van der Waals surface area (Å²) in [7, 11) is -0.419. The Hall–Kier alpha value is -0.0151. The highest BCUT2D eigenvalue weighted by Crippen LogP contribution is 1.92. The molecule has 0 unspecified atom stereocenters. The van der Waals surface area contributed by atoms with E-state index in [0.29, 0.717) is 5.92 Å². The van der Waals surface area contributed by atoms with E-state index in [0.717, 1.165) is 0 Å². The molecule has 0 saturated heterocycles. The minimum Gasteiger partial charge on any atom is -0.437 e. The molecule has 0 heterocycles. The van der Waals surface area contributed by atoms with Gasteiger partial charge in [-0.25, -0.2) is 0 Å². The van der Waals surface area contributed by atoms with E-state index in [-0.39, 0.29) is 0 Å². The van der Waals surface area contributed by atoms with Gasteiger partial charge in [-0.2, -0.15) is 0 Å². The fourth-order valence-electron chi connectivity index (χ4n) is 0.332. The van der Waals surface area contributed by atoms with Crippen molar-refractivity contribution in [2.24, 2.45) is 5.92 Å². The molecule has 0 spiro atoms. The van der Waals surface area contributed by atoms with Gasteiger partial charge in [-0.3, -0.25) is 0 Å². The van der Waals surface area contributed by atoms with Gasteiger partial charge in [0.2, 0.25) is 0 Å². The van der Waals surface area contributed by atoms with Crippen molar-refractivity contribution in [1.82, 2.24) is 5.23 Å². The van der Waals surface area contributed by atoms with Crippen LogP contribution in [0.1, 0.15) is 13.8 Å². The summed E-state index contributed by atoms with van der Waals surface area (Å²) in [6, 6.07) is 0. The zero-order valence-electron chi connectivity index (χ0n) is 5.68. The lowest BCUT2D eigenvalue weighted by Gasteiger charge is -2.04. The van der Waals surface area contributed by atoms with Gasteiger partial charge in [-0.1, -0.05) is 13.8 Å². The summed E-state index contributed by atoms with van der Waals surface area (Å²) in [4.78, 5) is 0. The van der Waals surface area contributed by atoms with Crippen molar-refractivity contribution in [2.75, 3.05) is 0 Å². The molecular weight excluding hydrogens is 101 g/mol. The summed E-state index contributed by atoms with van der Waals surface area (Å²) in [6.07, 6.45) is 0. The van der Waals surface area contributed by atoms with Gasteiger partial charge in [-0.05, 0) is 12.7 Å². The molecule has 0 aliphatic rings. The second-order valence-corrected chi connectivity index (χ2v) is 2.25. The quantitative estimate of drug-likeness (QED) is 0.523. The molecule has 0 aliphatic heterocycles. The second kappa shape index (κ2) is 3.92. The monoisotopic (exact) mass is 114 g/mol. The van der Waals surface area contributed by atoms with E-state index in [4.69, 9.17) is 5.02 Å². The topological polar surface area (TPSA) is 32.3 Å². The average molecular weight is 114 g/mol. The molecule has 2 nitrogen and oxygen atoms in total. The van der Waals surface area contributed by atoms with Gasteiger partial charge in [0.1, 0.15) is 0 Å². The lowest BCUT2D eigenvalue weighted by atomic mass is 9.88. The molecule has 8 heavy (non-hydrogen) atoms. The van der Waals surface area contributed by atoms with Crippen molar-refractivity contribution >= 4 is 7.05 Å². The summed E-state index contributed by atoms with van der Waals surface area (Å²) < 4.78 is 0. The molecule has 0 aromatic heterocycles. The van der Waals surface area contributed by atoms with Crippen LogP contribution in [0, 0.1) is 12.5 Å². The van der Waals surface area contributed by atoms with Crippen LogP contribution in [0.15, 0.2) is 0 Å². The molecule has 0 aromatic carbocycles. The van der Waals surface area contributed by atoms with Crippen molar-refractivity contribution in [3.05, 3.63) is 6.54 Å². The summed E-state index contributed by atoms with van der Waals surface area (Å²) in [5.74, 6) is 0.490. The molecule has 0 amide bonds. The molecule has 0 bridgehead atoms. The van der Waals surface area contributed by atoms with Gasteiger partial charge in [0.05, 0.1) is 0 Å². The Morgan fingerprint density at radius 1 is 1.62 bits per heavy atom. The Bertz CT molecular complexity index is 48.4. The Labute approximate surface area is 51.4 Å². The van der Waals surface area contributed by atoms with Crippen molar-refractivity contribution in [1.29, 1.82) is 0 Å². The van der Waals surface area contributed by atoms with E-state index in [1.54, 1.807) is 6.82 Å². The van der Waals surface area contributed by atoms with Gasteiger partial charge in [0.25, 0.3) is 0 Å². The fourth-order valence-corrected chi connectivity index (χ4v) is 0.332. The molecule has 0 atom stereocenters. The van der Waals surface area contributed by atoms with Crippen molar-refractivity contribution in [2.45, 2.75) is 20.7 Å². The van der Waals surface area contributed by atoms with Gasteiger partial charge in [0, 0.05) is 6.54 Å². The third-order valence-corrected chi connectivity index (χ3v) is 0.671. The van der Waals surface area contributed by atoms with Crippen LogP contribution in [-0.2, 0) is 0 Å². The van der Waals surface area contributed by atoms with E-state index >= 15 is 0 Å². The number of nitrogens with one attached hydrogen (secondary N) is 1. The lowest BCUT2D eigenvalue weighted by Crippen LogP contribution is -2.29. The first kappa shape index (κ1) is 7.98. The molecule has 1 radical (unpaired) electrons. The van der Waals surface area contributed by atoms with Crippen LogP contribution < -0.4 is 5.23 Å². The maximum Gasteiger partial charge on any atom is 0.373 e. The third-order valence-electron chi connectivity index (χ3n) is 0.671. The second-order valence-electron chi connectivity index (χ2n) is 2.25. The predicted octanol–water partition coefficient (Wildman–Crippen LogP) is 0.504. The molecule has 0 aliphatic carbocycles. The molecule has 47 valence electrons. The Kier molecular flexibility index (Phi) is 3.92. The molecular formula is C5H13BNO. The molecule has 0 aromatic rings. The Balaban J connectivity index is 2.93. The Morgan fingerprint density at radius 3 is 2.25 bits per heavy atom. The van der Waals surface area contributed by atoms with Crippen LogP contribution in [0.2, 0.25) is 6.82 Å². The van der Waals surface area contributed by atoms with Crippen LogP contribution >= 0.6 is 0 Å². The van der Waals surface area contributed by atoms with Gasteiger partial charge in [-0.15, -0.1) is 0 Å². The predicted molar refractivity (Wildman–Crippen MR) is 36.1 cm³/mol. The largest absolute Gasteiger partial charge is 0.437 e. The van der Waals surface area contributed by atoms with Gasteiger partial charge < -0.3 is 10.3 Å². The number of rotatable bonds is 3. The average Bonchev–Trinajstić information content (AvgIpc) is 1.61. The molecule has 0 fully saturated rings. The van der Waals surface area contributed by atoms with Gasteiger partial charge >= 0.3 is 7.05 Å². The highest BCUT2D eigenvalue weighted by Gasteiger charge is 2.01. The van der Waals surface area contributed by atoms with Crippen LogP contribution in [0.4, 0.5) is 0 Å². The van der Waals surface area contributed by atoms with E-state index < -0.39 is 7.05 Å². The van der Waals surface area contributed by atoms with E-state index in [9.17, 15) is 0 Å². The lowest BCUT2D eigenvalue weighted by molar-refractivity contribution is 0.554. The third kappa shape index (κ3) is 5.98. The first-order valence-corrected chi connectivity index (χ1v) is 2.90. The molecule has 0 saturated carbocycles. The van der Waals surface area contributed by atoms with Crippen molar-refractivity contribution in [3.8, 4) is 0 Å². The molecule has 0 rings (SSSR count). The van der Waals surface area contributed by atoms with E-state index in [1.165, 1.54) is 0 Å². The highest BCUT2D eigenvalue weighted by molar-refractivity contribution is 6.45. The normalized spacial score (nSPS) is 10.1. The van der Waals surface area contributed by atoms with E-state index in [1.807, 2.05) is 6.54 Å². The summed E-state index contributed by atoms with van der Waals surface area (Å²) >= 11 is 0. The fraction of sp³-hybridized carbons (Fsp3) is 0.800.